The molecule has 0 bridgehead atoms. The maximum atomic E-state index is 10.9. The van der Waals surface area contributed by atoms with Crippen LogP contribution < -0.4 is 21.5 Å². The molecule has 0 aliphatic carbocycles. The molecule has 4 amide bonds. The summed E-state index contributed by atoms with van der Waals surface area (Å²) in [5.74, 6) is 0.226. The lowest BCUT2D eigenvalue weighted by Crippen LogP contribution is -2.54. The number of methoxy groups -OCH3 is 3. The van der Waals surface area contributed by atoms with Gasteiger partial charge in [0.05, 0.1) is 46.4 Å². The number of ether oxygens (including phenoxy) is 5. The van der Waals surface area contributed by atoms with Crippen LogP contribution in [0.4, 0.5) is 4.79 Å². The van der Waals surface area contributed by atoms with Gasteiger partial charge in [-0.3, -0.25) is 35.0 Å². The minimum absolute atomic E-state index is 0.0227. The van der Waals surface area contributed by atoms with E-state index in [4.69, 9.17) is 14.2 Å². The number of piperazine rings is 4. The van der Waals surface area contributed by atoms with E-state index < -0.39 is 0 Å². The first-order valence-corrected chi connectivity index (χ1v) is 31.0. The van der Waals surface area contributed by atoms with Crippen molar-refractivity contribution in [1.29, 1.82) is 0 Å². The normalized spacial score (nSPS) is 20.2. The van der Waals surface area contributed by atoms with Gasteiger partial charge in [-0.05, 0) is 92.8 Å². The Morgan fingerprint density at radius 1 is 0.494 bits per heavy atom. The van der Waals surface area contributed by atoms with Crippen molar-refractivity contribution in [2.24, 2.45) is 0 Å². The summed E-state index contributed by atoms with van der Waals surface area (Å²) in [7, 11) is 15.1. The Morgan fingerprint density at radius 3 is 1.18 bits per heavy atom. The van der Waals surface area contributed by atoms with E-state index in [2.05, 4.69) is 138 Å². The van der Waals surface area contributed by atoms with Crippen molar-refractivity contribution in [3.63, 3.8) is 0 Å². The van der Waals surface area contributed by atoms with Crippen LogP contribution >= 0.6 is 0 Å². The SMILES string of the molecule is C=CC(=O)CC.CC(=O)NC1CCN(C)CC1.CC(=O)NN1CCN(C)CC1.CCCN1CCN(C)CC1.CCN1CCN(CC)CC1.CCN1CCOCC1.CNC(=O)NN1CCN(C)CC1.COCCOC.COCN1CCOCC1. The molecule has 7 aliphatic rings. The Balaban J connectivity index is 0. The van der Waals surface area contributed by atoms with Crippen LogP contribution in [0, 0.1) is 0 Å². The monoisotopic (exact) mass is 1190 g/mol. The molecule has 0 spiro atoms. The standard InChI is InChI=1S/C8H16N2O.2C8H18N2.C7H16N4O.C7H15N3O.C6H13NO2.C6H13NO.C5H8O.C4H10O2/c1-7(11)9-8-3-5-10(2)6-4-8;1-3-4-10-7-5-9(2)6-8-10;1-3-9-5-7-10(4-2)8-6-9;1-8-7(12)9-11-5-3-10(2)4-6-11;1-7(11)8-10-5-3-9(2)4-6-10;1-8-6-7-2-4-9-5-3-7;1-2-7-3-5-8-6-4-7;1-3-5(6)4-2;1-5-3-4-6-2/h8H,3-6H2,1-2H3,(H,9,11);2*3-8H2,1-2H3;3-6H2,1-2H3,(H2,8,9,12);3-6H2,1-2H3,(H,8,11);2-6H2,1H3;2-6H2,1H3;3H,1,4H2,2H3;3-4H2,1-2H3. The first kappa shape index (κ1) is 82.0. The second-order valence-corrected chi connectivity index (χ2v) is 21.4. The summed E-state index contributed by atoms with van der Waals surface area (Å²) in [6.07, 6.45) is 5.39. The number of nitrogens with one attached hydrogen (secondary N) is 4. The summed E-state index contributed by atoms with van der Waals surface area (Å²) in [5.41, 5.74) is 5.52. The maximum Gasteiger partial charge on any atom is 0.329 e. The van der Waals surface area contributed by atoms with Gasteiger partial charge in [0.25, 0.3) is 0 Å². The number of urea groups is 1. The molecular formula is C59H127N15O9. The second-order valence-electron chi connectivity index (χ2n) is 21.4. The first-order valence-electron chi connectivity index (χ1n) is 31.0. The Kier molecular flexibility index (Phi) is 56.1. The number of amides is 4. The lowest BCUT2D eigenvalue weighted by molar-refractivity contribution is -0.124. The lowest BCUT2D eigenvalue weighted by atomic mass is 10.1. The molecule has 0 radical (unpaired) electrons. The Bertz CT molecular complexity index is 1450. The average Bonchev–Trinajstić information content (AvgIpc) is 3.50. The molecule has 0 aromatic heterocycles. The smallest absolute Gasteiger partial charge is 0.329 e. The molecule has 4 N–H and O–H groups in total. The van der Waals surface area contributed by atoms with E-state index in [-0.39, 0.29) is 23.6 Å². The third-order valence-corrected chi connectivity index (χ3v) is 14.5. The van der Waals surface area contributed by atoms with Crippen molar-refractivity contribution in [2.75, 3.05) is 273 Å². The van der Waals surface area contributed by atoms with Crippen LogP contribution in [0.5, 0.6) is 0 Å². The van der Waals surface area contributed by atoms with E-state index in [0.29, 0.717) is 25.7 Å². The Hall–Kier alpha value is -3.02. The molecule has 7 aliphatic heterocycles. The molecule has 0 aromatic rings. The van der Waals surface area contributed by atoms with Gasteiger partial charge in [0, 0.05) is 186 Å². The topological polar surface area (TPSA) is 198 Å². The highest BCUT2D eigenvalue weighted by Gasteiger charge is 2.18. The third-order valence-electron chi connectivity index (χ3n) is 14.5. The summed E-state index contributed by atoms with van der Waals surface area (Å²) < 4.78 is 24.6. The highest BCUT2D eigenvalue weighted by molar-refractivity contribution is 5.88. The summed E-state index contributed by atoms with van der Waals surface area (Å²) in [4.78, 5) is 63.6. The van der Waals surface area contributed by atoms with Crippen molar-refractivity contribution in [3.8, 4) is 0 Å². The predicted octanol–water partition coefficient (Wildman–Crippen LogP) is 1.56. The molecule has 24 nitrogen and oxygen atoms in total. The number of rotatable bonds is 15. The van der Waals surface area contributed by atoms with Crippen molar-refractivity contribution >= 4 is 23.6 Å². The van der Waals surface area contributed by atoms with Crippen molar-refractivity contribution in [3.05, 3.63) is 12.7 Å². The van der Waals surface area contributed by atoms with Crippen LogP contribution in [0.3, 0.4) is 0 Å². The van der Waals surface area contributed by atoms with Crippen molar-refractivity contribution in [1.82, 2.24) is 75.6 Å². The number of hydrogen-bond acceptors (Lipinski definition) is 20. The van der Waals surface area contributed by atoms with Crippen LogP contribution in [-0.2, 0) is 38.1 Å². The molecule has 7 fully saturated rings. The van der Waals surface area contributed by atoms with Crippen LogP contribution in [0.25, 0.3) is 0 Å². The zero-order valence-corrected chi connectivity index (χ0v) is 55.6. The van der Waals surface area contributed by atoms with Gasteiger partial charge in [0.15, 0.2) is 5.78 Å². The molecule has 24 heteroatoms. The number of carbonyl (C=O) groups is 4. The predicted molar refractivity (Wildman–Crippen MR) is 339 cm³/mol. The Morgan fingerprint density at radius 2 is 0.867 bits per heavy atom. The zero-order chi connectivity index (χ0) is 62.5. The number of likely N-dealkylation sites (tertiary alicyclic amines) is 1. The molecule has 7 heterocycles. The number of hydrazine groups is 2. The quantitative estimate of drug-likeness (QED) is 0.136. The van der Waals surface area contributed by atoms with E-state index in [1.165, 1.54) is 91.0 Å². The number of ketones is 1. The number of carbonyl (C=O) groups excluding carboxylic acids is 4. The molecule has 7 saturated heterocycles. The van der Waals surface area contributed by atoms with Gasteiger partial charge in [-0.1, -0.05) is 41.2 Å². The summed E-state index contributed by atoms with van der Waals surface area (Å²) in [5, 5.41) is 9.34. The fraction of sp³-hybridized carbons (Fsp3) is 0.898. The van der Waals surface area contributed by atoms with Gasteiger partial charge in [0.1, 0.15) is 0 Å². The highest BCUT2D eigenvalue weighted by Crippen LogP contribution is 2.08. The number of morpholine rings is 2. The van der Waals surface area contributed by atoms with Crippen LogP contribution in [0.15, 0.2) is 12.7 Å². The summed E-state index contributed by atoms with van der Waals surface area (Å²) in [6.45, 7) is 52.0. The molecule has 83 heavy (non-hydrogen) atoms. The third kappa shape index (κ3) is 50.8. The van der Waals surface area contributed by atoms with E-state index in [1.807, 2.05) is 16.9 Å². The van der Waals surface area contributed by atoms with Gasteiger partial charge < -0.3 is 68.6 Å². The summed E-state index contributed by atoms with van der Waals surface area (Å²) >= 11 is 0. The largest absolute Gasteiger partial charge is 0.382 e. The maximum absolute atomic E-state index is 10.9. The molecule has 492 valence electrons. The molecule has 0 atom stereocenters. The minimum atomic E-state index is -0.139. The van der Waals surface area contributed by atoms with Crippen molar-refractivity contribution < 1.29 is 42.9 Å². The minimum Gasteiger partial charge on any atom is -0.382 e. The number of hydrogen-bond donors (Lipinski definition) is 4. The highest BCUT2D eigenvalue weighted by atomic mass is 16.5. The molecule has 0 aromatic carbocycles. The van der Waals surface area contributed by atoms with Gasteiger partial charge in [-0.2, -0.15) is 0 Å². The number of likely N-dealkylation sites (N-methyl/N-ethyl adjacent to an activating group) is 6. The fourth-order valence-electron chi connectivity index (χ4n) is 8.65. The van der Waals surface area contributed by atoms with Crippen LogP contribution in [-0.4, -0.2) is 357 Å². The summed E-state index contributed by atoms with van der Waals surface area (Å²) in [6, 6.07) is 0.281. The number of nitrogens with zero attached hydrogens (tertiary/aromatic N) is 11. The van der Waals surface area contributed by atoms with E-state index in [1.54, 1.807) is 42.2 Å². The second kappa shape index (κ2) is 56.8. The van der Waals surface area contributed by atoms with Crippen LogP contribution in [0.2, 0.25) is 0 Å². The van der Waals surface area contributed by atoms with E-state index in [0.717, 1.165) is 138 Å². The molecule has 0 unspecified atom stereocenters. The van der Waals surface area contributed by atoms with Crippen molar-refractivity contribution in [2.45, 2.75) is 80.2 Å². The molecule has 7 rings (SSSR count). The van der Waals surface area contributed by atoms with Gasteiger partial charge in [-0.25, -0.2) is 14.8 Å². The first-order chi connectivity index (χ1) is 39.9. The Labute approximate surface area is 506 Å². The molecule has 0 saturated carbocycles. The van der Waals surface area contributed by atoms with E-state index in [9.17, 15) is 19.2 Å². The average molecular weight is 1190 g/mol. The van der Waals surface area contributed by atoms with E-state index >= 15 is 0 Å². The number of piperidine rings is 1. The lowest BCUT2D eigenvalue weighted by Gasteiger charge is -2.33. The van der Waals surface area contributed by atoms with Gasteiger partial charge >= 0.3 is 6.03 Å². The fourth-order valence-corrected chi connectivity index (χ4v) is 8.65. The zero-order valence-electron chi connectivity index (χ0n) is 55.6. The number of allylic oxidation sites excluding steroid dienone is 1. The van der Waals surface area contributed by atoms with Crippen LogP contribution in [0.1, 0.15) is 74.1 Å². The van der Waals surface area contributed by atoms with Gasteiger partial charge in [-0.15, -0.1) is 0 Å². The molecular weight excluding hydrogens is 1060 g/mol. The van der Waals surface area contributed by atoms with Gasteiger partial charge in [0.2, 0.25) is 11.8 Å².